The number of rotatable bonds is 0. The van der Waals surface area contributed by atoms with Gasteiger partial charge in [-0.05, 0) is 24.3 Å². The Morgan fingerprint density at radius 1 is 0.826 bits per heavy atom. The average molecular weight is 298 g/mol. The van der Waals surface area contributed by atoms with Gasteiger partial charge in [-0.1, -0.05) is 24.3 Å². The van der Waals surface area contributed by atoms with E-state index in [2.05, 4.69) is 4.98 Å². The second kappa shape index (κ2) is 4.36. The fourth-order valence-corrected chi connectivity index (χ4v) is 3.07. The molecule has 0 fully saturated rings. The van der Waals surface area contributed by atoms with Crippen molar-refractivity contribution in [3.05, 3.63) is 71.3 Å². The van der Waals surface area contributed by atoms with Crippen molar-refractivity contribution >= 4 is 43.5 Å². The van der Waals surface area contributed by atoms with Crippen LogP contribution in [0.2, 0.25) is 0 Å². The van der Waals surface area contributed by atoms with Crippen LogP contribution < -0.4 is 5.63 Å². The molecule has 5 aromatic rings. The van der Waals surface area contributed by atoms with Crippen molar-refractivity contribution in [2.24, 2.45) is 0 Å². The highest BCUT2D eigenvalue weighted by atomic mass is 16.4. The summed E-state index contributed by atoms with van der Waals surface area (Å²) in [6, 6.07) is 15.2. The summed E-state index contributed by atoms with van der Waals surface area (Å²) >= 11 is 0. The largest absolute Gasteiger partial charge is 0.422 e. The predicted octanol–water partition coefficient (Wildman–Crippen LogP) is 4.04. The van der Waals surface area contributed by atoms with E-state index >= 15 is 0 Å². The molecular weight excluding hydrogens is 288 g/mol. The Bertz CT molecular complexity index is 1290. The van der Waals surface area contributed by atoms with E-state index in [1.807, 2.05) is 48.7 Å². The number of pyridine rings is 2. The number of hydrogen-bond donors (Lipinski definition) is 0. The lowest BCUT2D eigenvalue weighted by atomic mass is 10.1. The Morgan fingerprint density at radius 2 is 1.70 bits per heavy atom. The van der Waals surface area contributed by atoms with Crippen molar-refractivity contribution in [3.63, 3.8) is 0 Å². The standard InChI is InChI=1S/C19H10N2O2/c22-19-15-9-11-5-6-12-10-20-8-7-13(12)17(11)21-18(15)14-3-1-2-4-16(14)23-19/h1-10H. The van der Waals surface area contributed by atoms with Crippen LogP contribution in [0.15, 0.2) is 70.1 Å². The Kier molecular flexibility index (Phi) is 2.33. The third-order valence-corrected chi connectivity index (χ3v) is 4.17. The van der Waals surface area contributed by atoms with E-state index in [9.17, 15) is 4.79 Å². The molecule has 0 aliphatic heterocycles. The van der Waals surface area contributed by atoms with E-state index in [4.69, 9.17) is 9.40 Å². The van der Waals surface area contributed by atoms with Gasteiger partial charge in [0.05, 0.1) is 16.4 Å². The van der Waals surface area contributed by atoms with Gasteiger partial charge in [-0.25, -0.2) is 9.78 Å². The summed E-state index contributed by atoms with van der Waals surface area (Å²) in [5, 5.41) is 4.31. The first-order valence-electron chi connectivity index (χ1n) is 7.30. The van der Waals surface area contributed by atoms with Gasteiger partial charge in [0.1, 0.15) is 5.58 Å². The molecule has 0 saturated heterocycles. The van der Waals surface area contributed by atoms with E-state index in [0.717, 1.165) is 27.1 Å². The Labute approximate surface area is 130 Å². The van der Waals surface area contributed by atoms with Crippen molar-refractivity contribution in [3.8, 4) is 0 Å². The highest BCUT2D eigenvalue weighted by Crippen LogP contribution is 2.28. The maximum Gasteiger partial charge on any atom is 0.345 e. The topological polar surface area (TPSA) is 56.0 Å². The number of hydrogen-bond acceptors (Lipinski definition) is 4. The van der Waals surface area contributed by atoms with Crippen LogP contribution in [-0.2, 0) is 0 Å². The lowest BCUT2D eigenvalue weighted by molar-refractivity contribution is 0.569. The zero-order valence-electron chi connectivity index (χ0n) is 12.0. The Hall–Kier alpha value is -3.27. The van der Waals surface area contributed by atoms with Gasteiger partial charge in [-0.15, -0.1) is 0 Å². The van der Waals surface area contributed by atoms with Crippen LogP contribution >= 0.6 is 0 Å². The van der Waals surface area contributed by atoms with Gasteiger partial charge < -0.3 is 4.42 Å². The van der Waals surface area contributed by atoms with Crippen LogP contribution in [0.3, 0.4) is 0 Å². The summed E-state index contributed by atoms with van der Waals surface area (Å²) in [5.41, 5.74) is 1.74. The quantitative estimate of drug-likeness (QED) is 0.246. The van der Waals surface area contributed by atoms with Gasteiger partial charge in [0, 0.05) is 33.9 Å². The molecule has 0 bridgehead atoms. The Morgan fingerprint density at radius 3 is 2.65 bits per heavy atom. The minimum absolute atomic E-state index is 0.358. The van der Waals surface area contributed by atoms with E-state index in [0.29, 0.717) is 16.5 Å². The molecule has 3 aromatic heterocycles. The molecule has 0 aliphatic carbocycles. The van der Waals surface area contributed by atoms with Crippen LogP contribution in [0.1, 0.15) is 0 Å². The summed E-state index contributed by atoms with van der Waals surface area (Å²) in [7, 11) is 0. The van der Waals surface area contributed by atoms with Gasteiger partial charge in [-0.3, -0.25) is 4.98 Å². The summed E-state index contributed by atoms with van der Waals surface area (Å²) in [6.07, 6.45) is 3.57. The first-order valence-corrected chi connectivity index (χ1v) is 7.30. The molecule has 0 N–H and O–H groups in total. The first-order chi connectivity index (χ1) is 11.3. The van der Waals surface area contributed by atoms with E-state index in [1.54, 1.807) is 12.3 Å². The second-order valence-electron chi connectivity index (χ2n) is 5.50. The molecular formula is C19H10N2O2. The highest BCUT2D eigenvalue weighted by molar-refractivity contribution is 6.11. The smallest absolute Gasteiger partial charge is 0.345 e. The molecule has 0 amide bonds. The van der Waals surface area contributed by atoms with Crippen LogP contribution in [0.5, 0.6) is 0 Å². The molecule has 3 heterocycles. The van der Waals surface area contributed by atoms with Crippen molar-refractivity contribution in [1.82, 2.24) is 9.97 Å². The van der Waals surface area contributed by atoms with Crippen LogP contribution in [0.25, 0.3) is 43.5 Å². The number of para-hydroxylation sites is 1. The zero-order valence-corrected chi connectivity index (χ0v) is 12.0. The SMILES string of the molecule is O=c1oc2ccccc2c2nc3c(ccc4cnccc43)cc12. The molecule has 0 unspecified atom stereocenters. The first kappa shape index (κ1) is 12.3. The molecule has 108 valence electrons. The van der Waals surface area contributed by atoms with E-state index in [1.165, 1.54) is 0 Å². The van der Waals surface area contributed by atoms with Gasteiger partial charge in [0.25, 0.3) is 0 Å². The van der Waals surface area contributed by atoms with Crippen LogP contribution in [0.4, 0.5) is 0 Å². The molecule has 4 heteroatoms. The Balaban J connectivity index is 2.10. The van der Waals surface area contributed by atoms with Gasteiger partial charge in [-0.2, -0.15) is 0 Å². The maximum atomic E-state index is 12.3. The molecule has 0 radical (unpaired) electrons. The monoisotopic (exact) mass is 298 g/mol. The van der Waals surface area contributed by atoms with Crippen molar-refractivity contribution < 1.29 is 4.42 Å². The summed E-state index contributed by atoms with van der Waals surface area (Å²) < 4.78 is 5.41. The molecule has 0 saturated carbocycles. The zero-order chi connectivity index (χ0) is 15.4. The molecule has 0 atom stereocenters. The minimum atomic E-state index is -0.358. The molecule has 0 spiro atoms. The van der Waals surface area contributed by atoms with Gasteiger partial charge >= 0.3 is 5.63 Å². The maximum absolute atomic E-state index is 12.3. The van der Waals surface area contributed by atoms with Gasteiger partial charge in [0.2, 0.25) is 0 Å². The fraction of sp³-hybridized carbons (Fsp3) is 0. The number of benzene rings is 2. The van der Waals surface area contributed by atoms with Crippen LogP contribution in [0, 0.1) is 0 Å². The fourth-order valence-electron chi connectivity index (χ4n) is 3.07. The summed E-state index contributed by atoms with van der Waals surface area (Å²) in [5.74, 6) is 0. The van der Waals surface area contributed by atoms with Crippen molar-refractivity contribution in [2.75, 3.05) is 0 Å². The number of aromatic nitrogens is 2. The molecule has 4 nitrogen and oxygen atoms in total. The van der Waals surface area contributed by atoms with E-state index in [-0.39, 0.29) is 5.63 Å². The second-order valence-corrected chi connectivity index (χ2v) is 5.50. The molecule has 0 aliphatic rings. The molecule has 2 aromatic carbocycles. The summed E-state index contributed by atoms with van der Waals surface area (Å²) in [4.78, 5) is 21.2. The predicted molar refractivity (Wildman–Crippen MR) is 90.6 cm³/mol. The van der Waals surface area contributed by atoms with Crippen molar-refractivity contribution in [1.29, 1.82) is 0 Å². The molecule has 23 heavy (non-hydrogen) atoms. The lowest BCUT2D eigenvalue weighted by Crippen LogP contribution is -2.01. The summed E-state index contributed by atoms with van der Waals surface area (Å²) in [6.45, 7) is 0. The van der Waals surface area contributed by atoms with E-state index < -0.39 is 0 Å². The number of fused-ring (bicyclic) bond motifs is 6. The minimum Gasteiger partial charge on any atom is -0.422 e. The normalized spacial score (nSPS) is 11.7. The third-order valence-electron chi connectivity index (χ3n) is 4.17. The van der Waals surface area contributed by atoms with Crippen molar-refractivity contribution in [2.45, 2.75) is 0 Å². The third kappa shape index (κ3) is 1.69. The van der Waals surface area contributed by atoms with Gasteiger partial charge in [0.15, 0.2) is 0 Å². The van der Waals surface area contributed by atoms with Crippen LogP contribution in [-0.4, -0.2) is 9.97 Å². The molecule has 5 rings (SSSR count). The number of nitrogens with zero attached hydrogens (tertiary/aromatic N) is 2. The average Bonchev–Trinajstić information content (AvgIpc) is 2.60. The highest BCUT2D eigenvalue weighted by Gasteiger charge is 2.11. The lowest BCUT2D eigenvalue weighted by Gasteiger charge is -2.06.